The van der Waals surface area contributed by atoms with Gasteiger partial charge in [0, 0.05) is 85.0 Å². The molecule has 0 aliphatic heterocycles. The number of hydrogen-bond acceptors (Lipinski definition) is 22. The molecule has 0 bridgehead atoms. The Morgan fingerprint density at radius 1 is 0.374 bits per heavy atom. The maximum atomic E-state index is 12.5. The Labute approximate surface area is 744 Å². The Kier molecular flexibility index (Phi) is 37.8. The van der Waals surface area contributed by atoms with E-state index in [2.05, 4.69) is 55.4 Å². The first-order chi connectivity index (χ1) is 57.1. The Morgan fingerprint density at radius 3 is 0.797 bits per heavy atom. The third kappa shape index (κ3) is 23.5. The van der Waals surface area contributed by atoms with Crippen molar-refractivity contribution >= 4 is 107 Å². The molecule has 0 radical (unpaired) electrons. The molecular formula is C97H130Cl4O22. The minimum atomic E-state index is -0.758. The van der Waals surface area contributed by atoms with Crippen molar-refractivity contribution in [2.45, 2.75) is 286 Å². The number of aliphatic hydroxyl groups is 2. The van der Waals surface area contributed by atoms with Gasteiger partial charge in [-0.05, 0) is 222 Å². The van der Waals surface area contributed by atoms with Crippen LogP contribution in [0.25, 0.3) is 0 Å². The summed E-state index contributed by atoms with van der Waals surface area (Å²) in [5, 5.41) is 105. The molecule has 16 atom stereocenters. The molecule has 4 aromatic rings. The SMILES string of the molecule is C/C(=C\Cc1c(O)c(Cl)c(C)c(C=O)c1O)C(O)C[C@@]1(C)[C@H](C)CCC(=O)[C@@H]1C.C/C(=C\Cc1c(O)c(Cl)c(C)c(C=O)c1O)[C@H](O)C[C@@]1(C)[C@H](C)CCC(=O)[C@@H]1C.CC(=O)OC(C[C@@]1(C)[C@H](C)CCC(=O)[C@@H]1C)/C(C)=C/Cc1c(O)c(Cl)c(C)c(C=O)c1O.CCC(=O)O[C@H](C[C@@]1(C)[C@H](C)CCC(=O)[C@@H]1C)/C(C)=C/Cc1c(O)c(Cl)c(C)c(C=O)c1O. The van der Waals surface area contributed by atoms with Crippen LogP contribution >= 0.6 is 46.4 Å². The highest BCUT2D eigenvalue weighted by Crippen LogP contribution is 2.54. The summed E-state index contributed by atoms with van der Waals surface area (Å²) in [6.07, 6.45) is 14.4. The zero-order valence-corrected chi connectivity index (χ0v) is 78.5. The molecule has 4 aliphatic carbocycles. The molecule has 8 rings (SSSR count). The van der Waals surface area contributed by atoms with Crippen LogP contribution < -0.4 is 0 Å². The summed E-state index contributed by atoms with van der Waals surface area (Å²) < 4.78 is 11.4. The Hall–Kier alpha value is -8.38. The number of phenols is 8. The van der Waals surface area contributed by atoms with Gasteiger partial charge in [0.05, 0.1) is 54.6 Å². The first-order valence-corrected chi connectivity index (χ1v) is 43.9. The van der Waals surface area contributed by atoms with E-state index >= 15 is 0 Å². The number of aldehydes is 4. The van der Waals surface area contributed by atoms with Crippen LogP contribution in [-0.2, 0) is 63.9 Å². The third-order valence-corrected chi connectivity index (χ3v) is 31.0. The van der Waals surface area contributed by atoms with E-state index in [4.69, 9.17) is 55.9 Å². The second kappa shape index (κ2) is 44.2. The monoisotopic (exact) mass is 1790 g/mol. The van der Waals surface area contributed by atoms with Crippen molar-refractivity contribution in [3.8, 4) is 46.0 Å². The molecule has 10 N–H and O–H groups in total. The van der Waals surface area contributed by atoms with Gasteiger partial charge in [-0.15, -0.1) is 0 Å². The van der Waals surface area contributed by atoms with Crippen LogP contribution in [0.3, 0.4) is 0 Å². The van der Waals surface area contributed by atoms with Gasteiger partial charge in [-0.25, -0.2) is 0 Å². The van der Waals surface area contributed by atoms with E-state index in [0.717, 1.165) is 36.8 Å². The number of phenolic OH excluding ortho intramolecular Hbond substituents is 8. The second-order valence-corrected chi connectivity index (χ2v) is 37.5. The first-order valence-electron chi connectivity index (χ1n) is 42.4. The van der Waals surface area contributed by atoms with Gasteiger partial charge in [-0.1, -0.05) is 161 Å². The maximum absolute atomic E-state index is 12.5. The molecule has 0 saturated heterocycles. The lowest BCUT2D eigenvalue weighted by Gasteiger charge is -2.45. The summed E-state index contributed by atoms with van der Waals surface area (Å²) in [5.74, 6) is -1.54. The van der Waals surface area contributed by atoms with Crippen molar-refractivity contribution in [2.75, 3.05) is 0 Å². The molecule has 22 nitrogen and oxygen atoms in total. The second-order valence-electron chi connectivity index (χ2n) is 36.0. The summed E-state index contributed by atoms with van der Waals surface area (Å²) in [7, 11) is 0. The van der Waals surface area contributed by atoms with Crippen LogP contribution in [-0.4, -0.2) is 136 Å². The first kappa shape index (κ1) is 105. The highest BCUT2D eigenvalue weighted by atomic mass is 35.5. The topological polar surface area (TPSA) is 391 Å². The molecule has 4 aromatic carbocycles. The van der Waals surface area contributed by atoms with Gasteiger partial charge in [-0.2, -0.15) is 0 Å². The van der Waals surface area contributed by atoms with Gasteiger partial charge < -0.3 is 60.5 Å². The highest BCUT2D eigenvalue weighted by molar-refractivity contribution is 6.34. The molecule has 4 fully saturated rings. The number of allylic oxidation sites excluding steroid dienone is 4. The number of ketones is 4. The molecule has 0 amide bonds. The van der Waals surface area contributed by atoms with E-state index in [-0.39, 0.29) is 229 Å². The van der Waals surface area contributed by atoms with Crippen LogP contribution in [0.5, 0.6) is 46.0 Å². The number of carbonyl (C=O) groups excluding carboxylic acids is 10. The fourth-order valence-electron chi connectivity index (χ4n) is 17.8. The Bertz CT molecular complexity index is 4640. The molecule has 678 valence electrons. The number of hydrogen-bond donors (Lipinski definition) is 10. The van der Waals surface area contributed by atoms with Crippen molar-refractivity contribution in [3.05, 3.63) is 133 Å². The van der Waals surface area contributed by atoms with Gasteiger partial charge in [0.15, 0.2) is 25.1 Å². The third-order valence-electron chi connectivity index (χ3n) is 29.2. The van der Waals surface area contributed by atoms with Gasteiger partial charge in [-0.3, -0.25) is 47.9 Å². The highest BCUT2D eigenvalue weighted by Gasteiger charge is 2.49. The average molecular weight is 1790 g/mol. The number of carbonyl (C=O) groups is 10. The molecule has 26 heteroatoms. The lowest BCUT2D eigenvalue weighted by Crippen LogP contribution is -2.44. The van der Waals surface area contributed by atoms with Crippen LogP contribution in [0.4, 0.5) is 0 Å². The zero-order chi connectivity index (χ0) is 93.6. The van der Waals surface area contributed by atoms with E-state index in [1.54, 1.807) is 72.8 Å². The minimum Gasteiger partial charge on any atom is -0.507 e. The van der Waals surface area contributed by atoms with Gasteiger partial charge in [0.25, 0.3) is 0 Å². The lowest BCUT2D eigenvalue weighted by atomic mass is 9.59. The molecule has 0 heterocycles. The number of benzene rings is 4. The standard InChI is InChI=1S/C26H35ClO6.C25H33ClO6.2C23H31ClO5/c1-7-22(30)33-21(12-26(6)15(3)9-11-20(29)17(26)5)14(2)8-10-18-24(31)19(13-28)16(4)23(27)25(18)32;1-13(7-9-18-23(30)19(12-27)15(3)22(26)24(18)31)21(32-17(5)28)11-25(6)14(2)8-10-20(29)16(25)4;2*1-12(19(27)10-23(5)13(2)7-9-18(26)15(23)4)6-8-16-21(28)17(11-25)14(3)20(24)22(16)29/h8,13,15,17,21,31-32H,7,9-12H2,1-6H3;7,12,14,16,21,30-31H,8-11H2,1-6H3;2*6,11,13,15,19,27-29H,7-10H2,1-5H3/b14-8+;13-7+;2*12-6+/t15-,17+,21-,26+;14-,16+,21?,25+;13-,15+,19?,23+;13-,15+,19-,23+/m1111/s1. The number of aromatic hydroxyl groups is 8. The normalized spacial score (nSPS) is 25.5. The fraction of sp³-hybridized carbons (Fsp3) is 0.567. The Morgan fingerprint density at radius 2 is 0.585 bits per heavy atom. The molecular weight excluding hydrogens is 1660 g/mol. The predicted molar refractivity (Wildman–Crippen MR) is 478 cm³/mol. The lowest BCUT2D eigenvalue weighted by molar-refractivity contribution is -0.151. The van der Waals surface area contributed by atoms with Crippen molar-refractivity contribution < 1.29 is 108 Å². The fourth-order valence-corrected chi connectivity index (χ4v) is 18.6. The van der Waals surface area contributed by atoms with E-state index in [1.165, 1.54) is 6.92 Å². The minimum absolute atomic E-state index is 0.0124. The van der Waals surface area contributed by atoms with E-state index in [0.29, 0.717) is 122 Å². The number of ether oxygens (including phenoxy) is 2. The van der Waals surface area contributed by atoms with Gasteiger partial charge in [0.2, 0.25) is 0 Å². The van der Waals surface area contributed by atoms with E-state index in [1.807, 2.05) is 41.5 Å². The quantitative estimate of drug-likeness (QED) is 0.0151. The van der Waals surface area contributed by atoms with Crippen molar-refractivity contribution in [2.24, 2.45) is 69.0 Å². The van der Waals surface area contributed by atoms with Crippen molar-refractivity contribution in [3.63, 3.8) is 0 Å². The summed E-state index contributed by atoms with van der Waals surface area (Å²) in [6, 6.07) is 0. The van der Waals surface area contributed by atoms with Gasteiger partial charge >= 0.3 is 11.9 Å². The largest absolute Gasteiger partial charge is 0.507 e. The summed E-state index contributed by atoms with van der Waals surface area (Å²) in [4.78, 5) is 119. The smallest absolute Gasteiger partial charge is 0.306 e. The number of rotatable bonds is 27. The molecule has 4 saturated carbocycles. The number of esters is 2. The molecule has 2 unspecified atom stereocenters. The van der Waals surface area contributed by atoms with Crippen LogP contribution in [0.15, 0.2) is 46.6 Å². The van der Waals surface area contributed by atoms with Gasteiger partial charge in [0.1, 0.15) is 81.3 Å². The van der Waals surface area contributed by atoms with E-state index in [9.17, 15) is 99.0 Å². The van der Waals surface area contributed by atoms with Crippen LogP contribution in [0.2, 0.25) is 20.1 Å². The van der Waals surface area contributed by atoms with Crippen LogP contribution in [0.1, 0.15) is 294 Å². The van der Waals surface area contributed by atoms with Crippen LogP contribution in [0, 0.1) is 96.7 Å². The number of halogens is 4. The summed E-state index contributed by atoms with van der Waals surface area (Å²) in [6.45, 7) is 41.0. The summed E-state index contributed by atoms with van der Waals surface area (Å²) in [5.41, 5.74) is 3.48. The number of Topliss-reactive ketones (excluding diaryl/α,β-unsaturated/α-hetero) is 4. The molecule has 123 heavy (non-hydrogen) atoms. The summed E-state index contributed by atoms with van der Waals surface area (Å²) >= 11 is 24.5. The zero-order valence-electron chi connectivity index (χ0n) is 75.5. The van der Waals surface area contributed by atoms with Crippen molar-refractivity contribution in [1.82, 2.24) is 0 Å². The molecule has 4 aliphatic rings. The molecule has 0 spiro atoms. The maximum Gasteiger partial charge on any atom is 0.306 e. The predicted octanol–water partition coefficient (Wildman–Crippen LogP) is 20.5. The number of aliphatic hydroxyl groups excluding tert-OH is 2. The Balaban J connectivity index is 0.000000292. The van der Waals surface area contributed by atoms with E-state index < -0.39 is 30.4 Å². The average Bonchev–Trinajstić information content (AvgIpc) is 0.802. The van der Waals surface area contributed by atoms with Crippen molar-refractivity contribution in [1.29, 1.82) is 0 Å². The molecule has 0 aromatic heterocycles.